The van der Waals surface area contributed by atoms with Gasteiger partial charge in [-0.05, 0) is 24.3 Å². The van der Waals surface area contributed by atoms with Crippen LogP contribution in [0.5, 0.6) is 0 Å². The second-order valence-corrected chi connectivity index (χ2v) is 5.55. The van der Waals surface area contributed by atoms with Crippen LogP contribution in [0.15, 0.2) is 48.5 Å². The van der Waals surface area contributed by atoms with E-state index in [1.165, 1.54) is 24.3 Å². The maximum absolute atomic E-state index is 10.7. The van der Waals surface area contributed by atoms with Crippen molar-refractivity contribution in [3.8, 4) is 0 Å². The Morgan fingerprint density at radius 1 is 0.654 bits per heavy atom. The summed E-state index contributed by atoms with van der Waals surface area (Å²) >= 11 is 0. The molecule has 1 aliphatic heterocycles. The molecule has 26 heavy (non-hydrogen) atoms. The van der Waals surface area contributed by atoms with Gasteiger partial charge in [-0.1, -0.05) is 0 Å². The Balaban J connectivity index is 1.61. The SMILES string of the molecule is O=[N+]([O-])c1ccc(N2COCN(c3ccc([N+](=O)[O-])cc3)COC2)cc1. The molecular formula is C16H16N4O6. The highest BCUT2D eigenvalue weighted by Crippen LogP contribution is 2.22. The fourth-order valence-corrected chi connectivity index (χ4v) is 2.47. The lowest BCUT2D eigenvalue weighted by molar-refractivity contribution is -0.385. The van der Waals surface area contributed by atoms with E-state index in [0.29, 0.717) is 0 Å². The summed E-state index contributed by atoms with van der Waals surface area (Å²) in [5.74, 6) is 0. The smallest absolute Gasteiger partial charge is 0.269 e. The van der Waals surface area contributed by atoms with Crippen molar-refractivity contribution in [1.82, 2.24) is 0 Å². The average molecular weight is 360 g/mol. The predicted molar refractivity (Wildman–Crippen MR) is 92.8 cm³/mol. The van der Waals surface area contributed by atoms with Gasteiger partial charge in [0, 0.05) is 35.6 Å². The molecule has 0 bridgehead atoms. The molecular weight excluding hydrogens is 344 g/mol. The molecule has 0 aliphatic carbocycles. The number of ether oxygens (including phenoxy) is 2. The van der Waals surface area contributed by atoms with E-state index < -0.39 is 9.85 Å². The van der Waals surface area contributed by atoms with Crippen LogP contribution in [0.3, 0.4) is 0 Å². The molecule has 0 unspecified atom stereocenters. The molecule has 0 amide bonds. The molecule has 1 heterocycles. The van der Waals surface area contributed by atoms with E-state index in [4.69, 9.17) is 9.47 Å². The summed E-state index contributed by atoms with van der Waals surface area (Å²) in [6.45, 7) is 0.950. The van der Waals surface area contributed by atoms with E-state index in [-0.39, 0.29) is 38.3 Å². The molecule has 2 aromatic carbocycles. The second-order valence-electron chi connectivity index (χ2n) is 5.55. The molecule has 2 aromatic rings. The summed E-state index contributed by atoms with van der Waals surface area (Å²) in [5, 5.41) is 21.4. The van der Waals surface area contributed by atoms with Crippen molar-refractivity contribution in [3.05, 3.63) is 68.8 Å². The van der Waals surface area contributed by atoms with Gasteiger partial charge in [0.15, 0.2) is 0 Å². The van der Waals surface area contributed by atoms with Crippen LogP contribution in [0.4, 0.5) is 22.7 Å². The van der Waals surface area contributed by atoms with E-state index in [9.17, 15) is 20.2 Å². The highest BCUT2D eigenvalue weighted by atomic mass is 16.6. The highest BCUT2D eigenvalue weighted by Gasteiger charge is 2.16. The molecule has 1 saturated heterocycles. The first-order valence-electron chi connectivity index (χ1n) is 7.69. The minimum absolute atomic E-state index is 0.0203. The maximum Gasteiger partial charge on any atom is 0.269 e. The van der Waals surface area contributed by atoms with Crippen LogP contribution in [-0.4, -0.2) is 36.8 Å². The van der Waals surface area contributed by atoms with Gasteiger partial charge in [0.05, 0.1) is 9.85 Å². The van der Waals surface area contributed by atoms with Crippen molar-refractivity contribution < 1.29 is 19.3 Å². The molecule has 1 fully saturated rings. The van der Waals surface area contributed by atoms with Crippen LogP contribution in [-0.2, 0) is 9.47 Å². The molecule has 0 spiro atoms. The number of nitrogens with zero attached hydrogens (tertiary/aromatic N) is 4. The number of rotatable bonds is 4. The number of nitro groups is 2. The van der Waals surface area contributed by atoms with Crippen LogP contribution in [0.25, 0.3) is 0 Å². The summed E-state index contributed by atoms with van der Waals surface area (Å²) < 4.78 is 11.3. The Morgan fingerprint density at radius 2 is 0.962 bits per heavy atom. The number of hydrogen-bond donors (Lipinski definition) is 0. The average Bonchev–Trinajstić information content (AvgIpc) is 2.62. The number of benzene rings is 2. The van der Waals surface area contributed by atoms with E-state index in [1.54, 1.807) is 34.1 Å². The van der Waals surface area contributed by atoms with Gasteiger partial charge < -0.3 is 19.3 Å². The lowest BCUT2D eigenvalue weighted by Crippen LogP contribution is -2.39. The normalized spacial score (nSPS) is 15.2. The van der Waals surface area contributed by atoms with Gasteiger partial charge in [-0.25, -0.2) is 0 Å². The number of hydrogen-bond acceptors (Lipinski definition) is 8. The van der Waals surface area contributed by atoms with Crippen LogP contribution >= 0.6 is 0 Å². The zero-order chi connectivity index (χ0) is 18.5. The van der Waals surface area contributed by atoms with Gasteiger partial charge in [0.2, 0.25) is 0 Å². The number of non-ortho nitro benzene ring substituents is 2. The zero-order valence-corrected chi connectivity index (χ0v) is 13.7. The minimum atomic E-state index is -0.452. The molecule has 0 saturated carbocycles. The summed E-state index contributed by atoms with van der Waals surface area (Å²) in [5.41, 5.74) is 1.54. The first-order valence-corrected chi connectivity index (χ1v) is 7.69. The van der Waals surface area contributed by atoms with Crippen LogP contribution in [0.1, 0.15) is 0 Å². The Morgan fingerprint density at radius 3 is 1.23 bits per heavy atom. The van der Waals surface area contributed by atoms with Crippen LogP contribution in [0.2, 0.25) is 0 Å². The van der Waals surface area contributed by atoms with E-state index >= 15 is 0 Å². The summed E-state index contributed by atoms with van der Waals surface area (Å²) in [4.78, 5) is 24.1. The molecule has 0 N–H and O–H groups in total. The third kappa shape index (κ3) is 4.05. The van der Waals surface area contributed by atoms with Gasteiger partial charge in [0.1, 0.15) is 26.9 Å². The van der Waals surface area contributed by atoms with Crippen molar-refractivity contribution in [2.75, 3.05) is 36.7 Å². The molecule has 0 radical (unpaired) electrons. The second kappa shape index (κ2) is 7.76. The Labute approximate surface area is 148 Å². The van der Waals surface area contributed by atoms with Gasteiger partial charge in [-0.3, -0.25) is 20.2 Å². The largest absolute Gasteiger partial charge is 0.341 e. The van der Waals surface area contributed by atoms with Crippen LogP contribution < -0.4 is 9.80 Å². The standard InChI is InChI=1S/C16H16N4O6/c21-19(22)15-5-1-13(2-6-15)17-9-25-11-18(12-26-10-17)14-3-7-16(8-4-14)20(23)24/h1-8H,9-12H2. The van der Waals surface area contributed by atoms with Crippen molar-refractivity contribution >= 4 is 22.7 Å². The Bertz CT molecular complexity index is 705. The number of nitro benzene ring substituents is 2. The minimum Gasteiger partial charge on any atom is -0.341 e. The fourth-order valence-electron chi connectivity index (χ4n) is 2.47. The summed E-state index contributed by atoms with van der Waals surface area (Å²) in [6.07, 6.45) is 0. The van der Waals surface area contributed by atoms with Gasteiger partial charge in [0.25, 0.3) is 11.4 Å². The molecule has 0 atom stereocenters. The van der Waals surface area contributed by atoms with Crippen molar-refractivity contribution in [1.29, 1.82) is 0 Å². The van der Waals surface area contributed by atoms with Gasteiger partial charge >= 0.3 is 0 Å². The Hall–Kier alpha value is -3.24. The lowest BCUT2D eigenvalue weighted by atomic mass is 10.2. The van der Waals surface area contributed by atoms with E-state index in [1.807, 2.05) is 0 Å². The van der Waals surface area contributed by atoms with E-state index in [2.05, 4.69) is 0 Å². The molecule has 0 aromatic heterocycles. The summed E-state index contributed by atoms with van der Waals surface area (Å²) in [7, 11) is 0. The molecule has 10 heteroatoms. The van der Waals surface area contributed by atoms with E-state index in [0.717, 1.165) is 11.4 Å². The van der Waals surface area contributed by atoms with Crippen molar-refractivity contribution in [2.45, 2.75) is 0 Å². The maximum atomic E-state index is 10.7. The Kier molecular flexibility index (Phi) is 5.25. The first kappa shape index (κ1) is 17.6. The monoisotopic (exact) mass is 360 g/mol. The van der Waals surface area contributed by atoms with Crippen LogP contribution in [0, 0.1) is 20.2 Å². The third-order valence-electron chi connectivity index (χ3n) is 3.84. The van der Waals surface area contributed by atoms with Crippen molar-refractivity contribution in [3.63, 3.8) is 0 Å². The number of anilines is 2. The fraction of sp³-hybridized carbons (Fsp3) is 0.250. The molecule has 10 nitrogen and oxygen atoms in total. The molecule has 136 valence electrons. The predicted octanol–water partition coefficient (Wildman–Crippen LogP) is 2.69. The quantitative estimate of drug-likeness (QED) is 0.604. The van der Waals surface area contributed by atoms with Crippen molar-refractivity contribution in [2.24, 2.45) is 0 Å². The summed E-state index contributed by atoms with van der Waals surface area (Å²) in [6, 6.07) is 12.3. The van der Waals surface area contributed by atoms with Gasteiger partial charge in [-0.2, -0.15) is 0 Å². The topological polar surface area (TPSA) is 111 Å². The molecule has 3 rings (SSSR count). The molecule has 1 aliphatic rings. The van der Waals surface area contributed by atoms with Gasteiger partial charge in [-0.15, -0.1) is 0 Å². The highest BCUT2D eigenvalue weighted by molar-refractivity contribution is 5.51. The third-order valence-corrected chi connectivity index (χ3v) is 3.84. The first-order chi connectivity index (χ1) is 12.5. The zero-order valence-electron chi connectivity index (χ0n) is 13.7. The lowest BCUT2D eigenvalue weighted by Gasteiger charge is -2.32.